The number of aromatic nitrogens is 4. The highest BCUT2D eigenvalue weighted by atomic mass is 16.5. The Morgan fingerprint density at radius 3 is 2.17 bits per heavy atom. The molecule has 2 aromatic rings. The van der Waals surface area contributed by atoms with Gasteiger partial charge < -0.3 is 9.64 Å². The van der Waals surface area contributed by atoms with Crippen molar-refractivity contribution in [3.8, 4) is 11.4 Å². The molecule has 0 spiro atoms. The molecule has 0 bridgehead atoms. The molecule has 2 rings (SSSR count). The van der Waals surface area contributed by atoms with Crippen molar-refractivity contribution in [3.63, 3.8) is 0 Å². The molecule has 0 radical (unpaired) electrons. The zero-order valence-corrected chi connectivity index (χ0v) is 14.2. The lowest BCUT2D eigenvalue weighted by Crippen LogP contribution is -2.47. The number of carbonyl (C=O) groups excluding carboxylic acids is 1. The average Bonchev–Trinajstić information content (AvgIpc) is 3.01. The van der Waals surface area contributed by atoms with Crippen molar-refractivity contribution < 1.29 is 9.53 Å². The maximum absolute atomic E-state index is 12.6. The molecule has 7 heteroatoms. The summed E-state index contributed by atoms with van der Waals surface area (Å²) in [6.07, 6.45) is 0.976. The fourth-order valence-corrected chi connectivity index (χ4v) is 2.53. The van der Waals surface area contributed by atoms with Gasteiger partial charge in [-0.3, -0.25) is 4.79 Å². The summed E-state index contributed by atoms with van der Waals surface area (Å²) in [4.78, 5) is 14.4. The Hall–Kier alpha value is -2.44. The molecule has 1 heterocycles. The molecule has 1 amide bonds. The van der Waals surface area contributed by atoms with Crippen LogP contribution in [0.4, 0.5) is 0 Å². The molecule has 0 aliphatic carbocycles. The molecule has 1 atom stereocenters. The van der Waals surface area contributed by atoms with Gasteiger partial charge in [-0.1, -0.05) is 0 Å². The van der Waals surface area contributed by atoms with Gasteiger partial charge in [0.2, 0.25) is 0 Å². The SMILES string of the molecule is CC(Oc1ccc(-n2cnnn2)cc1)C(=O)N(C(C)C)C(C)C. The minimum Gasteiger partial charge on any atom is -0.481 e. The van der Waals surface area contributed by atoms with Gasteiger partial charge in [0.05, 0.1) is 5.69 Å². The van der Waals surface area contributed by atoms with Gasteiger partial charge in [-0.2, -0.15) is 0 Å². The van der Waals surface area contributed by atoms with Crippen molar-refractivity contribution in [1.82, 2.24) is 25.1 Å². The van der Waals surface area contributed by atoms with E-state index in [2.05, 4.69) is 15.5 Å². The second kappa shape index (κ2) is 7.21. The first-order valence-corrected chi connectivity index (χ1v) is 7.72. The largest absolute Gasteiger partial charge is 0.481 e. The van der Waals surface area contributed by atoms with Crippen LogP contribution in [-0.4, -0.2) is 49.2 Å². The summed E-state index contributed by atoms with van der Waals surface area (Å²) in [5.74, 6) is 0.620. The number of carbonyl (C=O) groups is 1. The lowest BCUT2D eigenvalue weighted by Gasteiger charge is -2.33. The lowest BCUT2D eigenvalue weighted by molar-refractivity contribution is -0.141. The number of hydrogen-bond donors (Lipinski definition) is 0. The van der Waals surface area contributed by atoms with E-state index >= 15 is 0 Å². The van der Waals surface area contributed by atoms with E-state index in [9.17, 15) is 4.79 Å². The molecular weight excluding hydrogens is 294 g/mol. The molecule has 0 saturated carbocycles. The second-order valence-electron chi connectivity index (χ2n) is 5.94. The highest BCUT2D eigenvalue weighted by molar-refractivity contribution is 5.81. The minimum atomic E-state index is -0.543. The van der Waals surface area contributed by atoms with Crippen molar-refractivity contribution in [2.75, 3.05) is 0 Å². The predicted octanol–water partition coefficient (Wildman–Crippen LogP) is 2.07. The highest BCUT2D eigenvalue weighted by Crippen LogP contribution is 2.17. The first-order valence-electron chi connectivity index (χ1n) is 7.72. The van der Waals surface area contributed by atoms with Gasteiger partial charge in [-0.05, 0) is 69.3 Å². The van der Waals surface area contributed by atoms with E-state index in [0.717, 1.165) is 5.69 Å². The number of ether oxygens (including phenoxy) is 1. The first-order chi connectivity index (χ1) is 10.9. The monoisotopic (exact) mass is 317 g/mol. The molecule has 1 aromatic heterocycles. The average molecular weight is 317 g/mol. The van der Waals surface area contributed by atoms with Gasteiger partial charge in [-0.25, -0.2) is 4.68 Å². The summed E-state index contributed by atoms with van der Waals surface area (Å²) in [7, 11) is 0. The van der Waals surface area contributed by atoms with E-state index in [1.807, 2.05) is 44.7 Å². The smallest absolute Gasteiger partial charge is 0.263 e. The number of tetrazole rings is 1. The number of benzene rings is 1. The quantitative estimate of drug-likeness (QED) is 0.815. The van der Waals surface area contributed by atoms with Crippen molar-refractivity contribution >= 4 is 5.91 Å². The van der Waals surface area contributed by atoms with E-state index in [1.165, 1.54) is 6.33 Å². The number of rotatable bonds is 6. The van der Waals surface area contributed by atoms with Gasteiger partial charge >= 0.3 is 0 Å². The molecule has 0 aliphatic rings. The molecule has 0 saturated heterocycles. The molecule has 124 valence electrons. The summed E-state index contributed by atoms with van der Waals surface area (Å²) in [6, 6.07) is 7.55. The van der Waals surface area contributed by atoms with Gasteiger partial charge in [0.1, 0.15) is 12.1 Å². The van der Waals surface area contributed by atoms with Gasteiger partial charge in [0.15, 0.2) is 6.10 Å². The van der Waals surface area contributed by atoms with Gasteiger partial charge in [0, 0.05) is 12.1 Å². The fraction of sp³-hybridized carbons (Fsp3) is 0.500. The molecule has 7 nitrogen and oxygen atoms in total. The number of hydrogen-bond acceptors (Lipinski definition) is 5. The van der Waals surface area contributed by atoms with Gasteiger partial charge in [0.25, 0.3) is 5.91 Å². The summed E-state index contributed by atoms with van der Waals surface area (Å²) in [5.41, 5.74) is 0.826. The summed E-state index contributed by atoms with van der Waals surface area (Å²) >= 11 is 0. The Balaban J connectivity index is 2.05. The standard InChI is InChI=1S/C16H23N5O2/c1-11(2)21(12(3)4)16(22)13(5)23-15-8-6-14(7-9-15)20-10-17-18-19-20/h6-13H,1-5H3. The zero-order valence-electron chi connectivity index (χ0n) is 14.2. The summed E-state index contributed by atoms with van der Waals surface area (Å²) in [6.45, 7) is 9.80. The van der Waals surface area contributed by atoms with E-state index in [0.29, 0.717) is 5.75 Å². The van der Waals surface area contributed by atoms with Crippen LogP contribution in [0.2, 0.25) is 0 Å². The Morgan fingerprint density at radius 1 is 1.09 bits per heavy atom. The maximum Gasteiger partial charge on any atom is 0.263 e. The van der Waals surface area contributed by atoms with Crippen molar-refractivity contribution in [2.45, 2.75) is 52.8 Å². The van der Waals surface area contributed by atoms with Crippen LogP contribution in [0.5, 0.6) is 5.75 Å². The molecule has 23 heavy (non-hydrogen) atoms. The van der Waals surface area contributed by atoms with Gasteiger partial charge in [-0.15, -0.1) is 5.10 Å². The van der Waals surface area contributed by atoms with Crippen molar-refractivity contribution in [2.24, 2.45) is 0 Å². The van der Waals surface area contributed by atoms with Crippen LogP contribution < -0.4 is 4.74 Å². The molecule has 1 unspecified atom stereocenters. The van der Waals surface area contributed by atoms with E-state index < -0.39 is 6.10 Å². The molecular formula is C16H23N5O2. The van der Waals surface area contributed by atoms with Crippen LogP contribution in [0.15, 0.2) is 30.6 Å². The third kappa shape index (κ3) is 4.06. The third-order valence-electron chi connectivity index (χ3n) is 3.48. The van der Waals surface area contributed by atoms with Crippen molar-refractivity contribution in [3.05, 3.63) is 30.6 Å². The fourth-order valence-electron chi connectivity index (χ4n) is 2.53. The topological polar surface area (TPSA) is 73.1 Å². The van der Waals surface area contributed by atoms with Crippen molar-refractivity contribution in [1.29, 1.82) is 0 Å². The first kappa shape index (κ1) is 16.9. The van der Waals surface area contributed by atoms with Crippen LogP contribution in [0, 0.1) is 0 Å². The zero-order chi connectivity index (χ0) is 17.0. The van der Waals surface area contributed by atoms with Crippen LogP contribution in [0.3, 0.4) is 0 Å². The van der Waals surface area contributed by atoms with E-state index in [-0.39, 0.29) is 18.0 Å². The highest BCUT2D eigenvalue weighted by Gasteiger charge is 2.26. The Labute approximate surface area is 136 Å². The van der Waals surface area contributed by atoms with Crippen LogP contribution in [0.25, 0.3) is 5.69 Å². The van der Waals surface area contributed by atoms with Crippen LogP contribution in [0.1, 0.15) is 34.6 Å². The predicted molar refractivity (Wildman–Crippen MR) is 86.4 cm³/mol. The lowest BCUT2D eigenvalue weighted by atomic mass is 10.2. The number of amides is 1. The van der Waals surface area contributed by atoms with Crippen LogP contribution >= 0.6 is 0 Å². The molecule has 0 N–H and O–H groups in total. The summed E-state index contributed by atoms with van der Waals surface area (Å²) in [5, 5.41) is 11.0. The Morgan fingerprint density at radius 2 is 1.70 bits per heavy atom. The normalized spacial score (nSPS) is 12.5. The third-order valence-corrected chi connectivity index (χ3v) is 3.48. The number of nitrogens with zero attached hydrogens (tertiary/aromatic N) is 5. The molecule has 0 aliphatic heterocycles. The van der Waals surface area contributed by atoms with E-state index in [1.54, 1.807) is 23.7 Å². The van der Waals surface area contributed by atoms with E-state index in [4.69, 9.17) is 4.74 Å². The second-order valence-corrected chi connectivity index (χ2v) is 5.94. The maximum atomic E-state index is 12.6. The Kier molecular flexibility index (Phi) is 5.31. The minimum absolute atomic E-state index is 0.0143. The summed E-state index contributed by atoms with van der Waals surface area (Å²) < 4.78 is 7.33. The van der Waals surface area contributed by atoms with Crippen LogP contribution in [-0.2, 0) is 4.79 Å². The Bertz CT molecular complexity index is 614. The molecule has 0 fully saturated rings. The molecule has 1 aromatic carbocycles.